The molecule has 0 heterocycles. The Hall–Kier alpha value is -1.16. The number of carbonyl (C=O) groups excluding carboxylic acids is 1. The Bertz CT molecular complexity index is 470. The summed E-state index contributed by atoms with van der Waals surface area (Å²) >= 11 is 1.75. The van der Waals surface area contributed by atoms with Gasteiger partial charge in [0.2, 0.25) is 5.91 Å². The van der Waals surface area contributed by atoms with Gasteiger partial charge in [-0.15, -0.1) is 11.8 Å². The van der Waals surface area contributed by atoms with Crippen molar-refractivity contribution in [2.24, 2.45) is 5.41 Å². The van der Waals surface area contributed by atoms with Crippen molar-refractivity contribution in [2.45, 2.75) is 51.2 Å². The molecule has 0 aliphatic carbocycles. The van der Waals surface area contributed by atoms with E-state index >= 15 is 0 Å². The summed E-state index contributed by atoms with van der Waals surface area (Å²) in [5.74, 6) is -0.0305. The molecule has 1 aromatic rings. The highest BCUT2D eigenvalue weighted by molar-refractivity contribution is 8.00. The number of hydrogen-bond donors (Lipinski definition) is 2. The van der Waals surface area contributed by atoms with E-state index in [0.717, 1.165) is 4.90 Å². The maximum atomic E-state index is 12.0. The average Bonchev–Trinajstić information content (AvgIpc) is 2.19. The first-order valence-electron chi connectivity index (χ1n) is 6.39. The van der Waals surface area contributed by atoms with Gasteiger partial charge in [-0.05, 0) is 18.2 Å². The fourth-order valence-corrected chi connectivity index (χ4v) is 2.39. The van der Waals surface area contributed by atoms with Crippen molar-refractivity contribution in [1.82, 2.24) is 0 Å². The van der Waals surface area contributed by atoms with Gasteiger partial charge in [0.15, 0.2) is 0 Å². The minimum Gasteiger partial charge on any atom is -0.397 e. The Morgan fingerprint density at radius 3 is 2.21 bits per heavy atom. The molecule has 0 unspecified atom stereocenters. The summed E-state index contributed by atoms with van der Waals surface area (Å²) in [5, 5.41) is 2.90. The van der Waals surface area contributed by atoms with E-state index in [-0.39, 0.29) is 10.7 Å². The molecule has 3 N–H and O–H groups in total. The van der Waals surface area contributed by atoms with Crippen LogP contribution in [-0.4, -0.2) is 10.7 Å². The van der Waals surface area contributed by atoms with E-state index in [9.17, 15) is 4.79 Å². The third kappa shape index (κ3) is 5.15. The number of thioether (sulfide) groups is 1. The second-order valence-corrected chi connectivity index (χ2v) is 8.57. The van der Waals surface area contributed by atoms with Crippen LogP contribution in [0.25, 0.3) is 0 Å². The Morgan fingerprint density at radius 1 is 1.16 bits per heavy atom. The van der Waals surface area contributed by atoms with E-state index in [1.165, 1.54) is 0 Å². The van der Waals surface area contributed by atoms with E-state index in [0.29, 0.717) is 11.4 Å². The van der Waals surface area contributed by atoms with Crippen LogP contribution in [0.1, 0.15) is 41.5 Å². The summed E-state index contributed by atoms with van der Waals surface area (Å²) in [6.45, 7) is 12.1. The SMILES string of the molecule is CC(C)(C)Sc1ccc(N)c(NC(=O)C(C)(C)C)c1. The molecule has 0 aromatic heterocycles. The van der Waals surface area contributed by atoms with Crippen LogP contribution in [0.4, 0.5) is 11.4 Å². The second kappa shape index (κ2) is 5.45. The molecule has 1 aromatic carbocycles. The molecule has 3 nitrogen and oxygen atoms in total. The number of amides is 1. The number of nitrogen functional groups attached to an aromatic ring is 1. The van der Waals surface area contributed by atoms with Crippen molar-refractivity contribution in [3.05, 3.63) is 18.2 Å². The van der Waals surface area contributed by atoms with Crippen LogP contribution >= 0.6 is 11.8 Å². The van der Waals surface area contributed by atoms with Crippen LogP contribution < -0.4 is 11.1 Å². The topological polar surface area (TPSA) is 55.1 Å². The molecular weight excluding hydrogens is 256 g/mol. The molecule has 0 atom stereocenters. The number of nitrogens with two attached hydrogens (primary N) is 1. The molecule has 4 heteroatoms. The number of rotatable bonds is 2. The predicted molar refractivity (Wildman–Crippen MR) is 84.5 cm³/mol. The molecule has 0 saturated carbocycles. The minimum absolute atomic E-state index is 0.0305. The Balaban J connectivity index is 2.95. The van der Waals surface area contributed by atoms with Gasteiger partial charge in [0.05, 0.1) is 11.4 Å². The van der Waals surface area contributed by atoms with Crippen LogP contribution in [0.5, 0.6) is 0 Å². The summed E-state index contributed by atoms with van der Waals surface area (Å²) in [5.41, 5.74) is 6.77. The molecule has 1 rings (SSSR count). The summed E-state index contributed by atoms with van der Waals surface area (Å²) in [6.07, 6.45) is 0. The van der Waals surface area contributed by atoms with Crippen molar-refractivity contribution in [3.8, 4) is 0 Å². The van der Waals surface area contributed by atoms with Gasteiger partial charge in [0.1, 0.15) is 0 Å². The Labute approximate surface area is 120 Å². The van der Waals surface area contributed by atoms with Crippen LogP contribution in [-0.2, 0) is 4.79 Å². The lowest BCUT2D eigenvalue weighted by molar-refractivity contribution is -0.123. The smallest absolute Gasteiger partial charge is 0.229 e. The summed E-state index contributed by atoms with van der Waals surface area (Å²) < 4.78 is 0.126. The number of anilines is 2. The average molecular weight is 280 g/mol. The third-order valence-electron chi connectivity index (χ3n) is 2.38. The lowest BCUT2D eigenvalue weighted by atomic mass is 9.95. The highest BCUT2D eigenvalue weighted by Gasteiger charge is 2.22. The monoisotopic (exact) mass is 280 g/mol. The molecule has 0 fully saturated rings. The number of nitrogens with one attached hydrogen (secondary N) is 1. The summed E-state index contributed by atoms with van der Waals surface area (Å²) in [6, 6.07) is 5.76. The lowest BCUT2D eigenvalue weighted by Gasteiger charge is -2.21. The molecule has 106 valence electrons. The number of benzene rings is 1. The normalized spacial score (nSPS) is 12.3. The van der Waals surface area contributed by atoms with Gasteiger partial charge in [0, 0.05) is 15.1 Å². The van der Waals surface area contributed by atoms with Crippen LogP contribution in [0.2, 0.25) is 0 Å². The zero-order chi connectivity index (χ0) is 14.8. The minimum atomic E-state index is -0.431. The first kappa shape index (κ1) is 15.9. The van der Waals surface area contributed by atoms with Crippen molar-refractivity contribution in [2.75, 3.05) is 11.1 Å². The fraction of sp³-hybridized carbons (Fsp3) is 0.533. The van der Waals surface area contributed by atoms with Gasteiger partial charge >= 0.3 is 0 Å². The Kier molecular flexibility index (Phi) is 4.56. The maximum absolute atomic E-state index is 12.0. The zero-order valence-corrected chi connectivity index (χ0v) is 13.4. The fourth-order valence-electron chi connectivity index (χ4n) is 1.37. The highest BCUT2D eigenvalue weighted by Crippen LogP contribution is 2.35. The quantitative estimate of drug-likeness (QED) is 0.632. The van der Waals surface area contributed by atoms with Crippen LogP contribution in [0, 0.1) is 5.41 Å². The Morgan fingerprint density at radius 2 is 1.74 bits per heavy atom. The van der Waals surface area contributed by atoms with E-state index < -0.39 is 5.41 Å². The molecule has 0 bridgehead atoms. The van der Waals surface area contributed by atoms with Gasteiger partial charge in [-0.25, -0.2) is 0 Å². The molecule has 0 radical (unpaired) electrons. The van der Waals surface area contributed by atoms with Gasteiger partial charge < -0.3 is 11.1 Å². The third-order valence-corrected chi connectivity index (χ3v) is 3.48. The summed E-state index contributed by atoms with van der Waals surface area (Å²) in [4.78, 5) is 13.1. The molecule has 0 aliphatic rings. The van der Waals surface area contributed by atoms with Crippen molar-refractivity contribution in [3.63, 3.8) is 0 Å². The van der Waals surface area contributed by atoms with Gasteiger partial charge in [-0.3, -0.25) is 4.79 Å². The van der Waals surface area contributed by atoms with Crippen molar-refractivity contribution < 1.29 is 4.79 Å². The first-order chi connectivity index (χ1) is 8.49. The molecule has 19 heavy (non-hydrogen) atoms. The van der Waals surface area contributed by atoms with Crippen molar-refractivity contribution in [1.29, 1.82) is 0 Å². The van der Waals surface area contributed by atoms with E-state index in [1.54, 1.807) is 11.8 Å². The van der Waals surface area contributed by atoms with Crippen LogP contribution in [0.3, 0.4) is 0 Å². The standard InChI is InChI=1S/C15H24N2OS/c1-14(2,3)13(18)17-12-9-10(7-8-11(12)16)19-15(4,5)6/h7-9H,16H2,1-6H3,(H,17,18). The van der Waals surface area contributed by atoms with Gasteiger partial charge in [0.25, 0.3) is 0 Å². The van der Waals surface area contributed by atoms with E-state index in [1.807, 2.05) is 39.0 Å². The largest absolute Gasteiger partial charge is 0.397 e. The molecule has 0 spiro atoms. The number of carbonyl (C=O) groups is 1. The van der Waals surface area contributed by atoms with Crippen LogP contribution in [0.15, 0.2) is 23.1 Å². The predicted octanol–water partition coefficient (Wildman–Crippen LogP) is 4.14. The number of hydrogen-bond acceptors (Lipinski definition) is 3. The first-order valence-corrected chi connectivity index (χ1v) is 7.21. The zero-order valence-electron chi connectivity index (χ0n) is 12.6. The maximum Gasteiger partial charge on any atom is 0.229 e. The van der Waals surface area contributed by atoms with Crippen molar-refractivity contribution >= 4 is 29.0 Å². The molecular formula is C15H24N2OS. The second-order valence-electron chi connectivity index (χ2n) is 6.67. The lowest BCUT2D eigenvalue weighted by Crippen LogP contribution is -2.28. The van der Waals surface area contributed by atoms with Gasteiger partial charge in [-0.1, -0.05) is 41.5 Å². The molecule has 1 amide bonds. The summed E-state index contributed by atoms with van der Waals surface area (Å²) in [7, 11) is 0. The van der Waals surface area contributed by atoms with E-state index in [4.69, 9.17) is 5.73 Å². The molecule has 0 saturated heterocycles. The highest BCUT2D eigenvalue weighted by atomic mass is 32.2. The van der Waals surface area contributed by atoms with E-state index in [2.05, 4.69) is 26.1 Å². The van der Waals surface area contributed by atoms with Gasteiger partial charge in [-0.2, -0.15) is 0 Å². The molecule has 0 aliphatic heterocycles.